The molecule has 0 fully saturated rings. The SMILES string of the molecule is Cc1cc(C)cc(-c2c(O)c3cc(C(=O)Nc4ccncn4)c(Cl)cc3[nH]c2=O)c1. The summed E-state index contributed by atoms with van der Waals surface area (Å²) in [4.78, 5) is 35.9. The van der Waals surface area contributed by atoms with Gasteiger partial charge in [-0.25, -0.2) is 9.97 Å². The van der Waals surface area contributed by atoms with E-state index in [4.69, 9.17) is 11.6 Å². The molecule has 0 atom stereocenters. The number of aromatic hydroxyl groups is 1. The molecule has 0 aliphatic heterocycles. The number of fused-ring (bicyclic) bond motifs is 1. The molecule has 8 heteroatoms. The van der Waals surface area contributed by atoms with Crippen molar-refractivity contribution >= 4 is 34.2 Å². The van der Waals surface area contributed by atoms with Gasteiger partial charge in [-0.3, -0.25) is 9.59 Å². The predicted molar refractivity (Wildman–Crippen MR) is 116 cm³/mol. The van der Waals surface area contributed by atoms with Gasteiger partial charge in [-0.1, -0.05) is 40.9 Å². The van der Waals surface area contributed by atoms with E-state index in [1.807, 2.05) is 32.0 Å². The monoisotopic (exact) mass is 420 g/mol. The van der Waals surface area contributed by atoms with Crippen LogP contribution in [0.15, 0.2) is 53.7 Å². The van der Waals surface area contributed by atoms with Gasteiger partial charge in [-0.2, -0.15) is 0 Å². The highest BCUT2D eigenvalue weighted by atomic mass is 35.5. The summed E-state index contributed by atoms with van der Waals surface area (Å²) in [5.41, 5.74) is 2.67. The number of anilines is 1. The molecule has 0 saturated heterocycles. The van der Waals surface area contributed by atoms with Crippen molar-refractivity contribution in [2.24, 2.45) is 0 Å². The normalized spacial score (nSPS) is 10.9. The zero-order valence-corrected chi connectivity index (χ0v) is 16.9. The number of H-pyrrole nitrogens is 1. The Labute approximate surface area is 176 Å². The first-order valence-corrected chi connectivity index (χ1v) is 9.46. The van der Waals surface area contributed by atoms with Gasteiger partial charge < -0.3 is 15.4 Å². The van der Waals surface area contributed by atoms with Crippen molar-refractivity contribution in [2.75, 3.05) is 5.32 Å². The van der Waals surface area contributed by atoms with Crippen LogP contribution in [0.1, 0.15) is 21.5 Å². The molecular weight excluding hydrogens is 404 g/mol. The number of hydrogen-bond donors (Lipinski definition) is 3. The van der Waals surface area contributed by atoms with Crippen molar-refractivity contribution in [3.05, 3.63) is 81.0 Å². The number of nitrogens with one attached hydrogen (secondary N) is 2. The van der Waals surface area contributed by atoms with E-state index in [9.17, 15) is 14.7 Å². The van der Waals surface area contributed by atoms with Gasteiger partial charge in [-0.15, -0.1) is 0 Å². The Bertz CT molecular complexity index is 1330. The van der Waals surface area contributed by atoms with Crippen LogP contribution in [0.5, 0.6) is 5.75 Å². The summed E-state index contributed by atoms with van der Waals surface area (Å²) < 4.78 is 0. The van der Waals surface area contributed by atoms with Gasteiger partial charge in [0.15, 0.2) is 0 Å². The molecule has 0 spiro atoms. The summed E-state index contributed by atoms with van der Waals surface area (Å²) in [6.45, 7) is 3.83. The molecule has 30 heavy (non-hydrogen) atoms. The van der Waals surface area contributed by atoms with E-state index in [2.05, 4.69) is 20.3 Å². The van der Waals surface area contributed by atoms with Crippen molar-refractivity contribution in [3.63, 3.8) is 0 Å². The summed E-state index contributed by atoms with van der Waals surface area (Å²) in [7, 11) is 0. The molecule has 4 aromatic rings. The van der Waals surface area contributed by atoms with Crippen molar-refractivity contribution in [3.8, 4) is 16.9 Å². The second-order valence-electron chi connectivity index (χ2n) is 6.98. The fourth-order valence-corrected chi connectivity index (χ4v) is 3.66. The zero-order valence-electron chi connectivity index (χ0n) is 16.2. The van der Waals surface area contributed by atoms with Crippen LogP contribution in [-0.4, -0.2) is 26.0 Å². The number of pyridine rings is 1. The van der Waals surface area contributed by atoms with E-state index in [1.54, 1.807) is 6.07 Å². The van der Waals surface area contributed by atoms with E-state index < -0.39 is 11.5 Å². The number of halogens is 1. The molecule has 0 bridgehead atoms. The quantitative estimate of drug-likeness (QED) is 0.460. The highest BCUT2D eigenvalue weighted by molar-refractivity contribution is 6.35. The van der Waals surface area contributed by atoms with Crippen LogP contribution in [0.3, 0.4) is 0 Å². The first kappa shape index (κ1) is 19.6. The number of aromatic nitrogens is 3. The molecule has 3 N–H and O–H groups in total. The number of aryl methyl sites for hydroxylation is 2. The van der Waals surface area contributed by atoms with Gasteiger partial charge in [0.25, 0.3) is 11.5 Å². The molecule has 0 saturated carbocycles. The number of benzene rings is 2. The lowest BCUT2D eigenvalue weighted by atomic mass is 9.98. The maximum Gasteiger partial charge on any atom is 0.260 e. The van der Waals surface area contributed by atoms with E-state index in [1.165, 1.54) is 24.7 Å². The number of carbonyl (C=O) groups is 1. The Morgan fingerprint density at radius 1 is 1.13 bits per heavy atom. The lowest BCUT2D eigenvalue weighted by Crippen LogP contribution is -2.14. The molecular formula is C22H17ClN4O3. The zero-order chi connectivity index (χ0) is 21.4. The van der Waals surface area contributed by atoms with Gasteiger partial charge in [0.1, 0.15) is 17.9 Å². The van der Waals surface area contributed by atoms with Crippen molar-refractivity contribution in [1.29, 1.82) is 0 Å². The molecule has 0 radical (unpaired) electrons. The van der Waals surface area contributed by atoms with Crippen LogP contribution in [0.25, 0.3) is 22.0 Å². The minimum atomic E-state index is -0.501. The molecule has 1 amide bonds. The van der Waals surface area contributed by atoms with Crippen LogP contribution >= 0.6 is 11.6 Å². The molecule has 7 nitrogen and oxygen atoms in total. The lowest BCUT2D eigenvalue weighted by Gasteiger charge is -2.12. The molecule has 150 valence electrons. The first-order valence-electron chi connectivity index (χ1n) is 9.08. The van der Waals surface area contributed by atoms with Gasteiger partial charge in [-0.05, 0) is 37.6 Å². The van der Waals surface area contributed by atoms with Crippen LogP contribution < -0.4 is 10.9 Å². The summed E-state index contributed by atoms with van der Waals surface area (Å²) in [5, 5.41) is 14.0. The van der Waals surface area contributed by atoms with Gasteiger partial charge in [0, 0.05) is 11.6 Å². The Morgan fingerprint density at radius 3 is 2.53 bits per heavy atom. The van der Waals surface area contributed by atoms with Crippen LogP contribution in [-0.2, 0) is 0 Å². The van der Waals surface area contributed by atoms with E-state index in [-0.39, 0.29) is 21.9 Å². The van der Waals surface area contributed by atoms with Crippen LogP contribution in [0, 0.1) is 13.8 Å². The third-order valence-electron chi connectivity index (χ3n) is 4.65. The Morgan fingerprint density at radius 2 is 1.87 bits per heavy atom. The molecule has 0 aliphatic carbocycles. The number of aromatic amines is 1. The van der Waals surface area contributed by atoms with Gasteiger partial charge >= 0.3 is 0 Å². The Hall–Kier alpha value is -3.71. The van der Waals surface area contributed by atoms with E-state index >= 15 is 0 Å². The second-order valence-corrected chi connectivity index (χ2v) is 7.39. The summed E-state index contributed by atoms with van der Waals surface area (Å²) in [5.74, 6) is -0.404. The average molecular weight is 421 g/mol. The first-order chi connectivity index (χ1) is 14.3. The van der Waals surface area contributed by atoms with Gasteiger partial charge in [0.05, 0.1) is 21.7 Å². The largest absolute Gasteiger partial charge is 0.506 e. The number of nitrogens with zero attached hydrogens (tertiary/aromatic N) is 2. The molecule has 2 heterocycles. The van der Waals surface area contributed by atoms with Crippen molar-refractivity contribution < 1.29 is 9.90 Å². The Kier molecular flexibility index (Phi) is 4.97. The summed E-state index contributed by atoms with van der Waals surface area (Å²) >= 11 is 6.27. The third-order valence-corrected chi connectivity index (χ3v) is 4.97. The topological polar surface area (TPSA) is 108 Å². The fraction of sp³-hybridized carbons (Fsp3) is 0.0909. The van der Waals surface area contributed by atoms with E-state index in [0.717, 1.165) is 11.1 Å². The van der Waals surface area contributed by atoms with Crippen molar-refractivity contribution in [1.82, 2.24) is 15.0 Å². The molecule has 2 aromatic heterocycles. The highest BCUT2D eigenvalue weighted by Gasteiger charge is 2.19. The van der Waals surface area contributed by atoms with Crippen LogP contribution in [0.4, 0.5) is 5.82 Å². The van der Waals surface area contributed by atoms with Gasteiger partial charge in [0.2, 0.25) is 0 Å². The average Bonchev–Trinajstić information content (AvgIpc) is 2.67. The molecule has 0 aliphatic rings. The van der Waals surface area contributed by atoms with Crippen molar-refractivity contribution in [2.45, 2.75) is 13.8 Å². The number of rotatable bonds is 3. The highest BCUT2D eigenvalue weighted by Crippen LogP contribution is 2.35. The Balaban J connectivity index is 1.87. The smallest absolute Gasteiger partial charge is 0.260 e. The maximum atomic E-state index is 12.7. The molecule has 2 aromatic carbocycles. The fourth-order valence-electron chi connectivity index (χ4n) is 3.41. The summed E-state index contributed by atoms with van der Waals surface area (Å²) in [6.07, 6.45) is 2.81. The minimum Gasteiger partial charge on any atom is -0.506 e. The number of hydrogen-bond acceptors (Lipinski definition) is 5. The van der Waals surface area contributed by atoms with E-state index in [0.29, 0.717) is 22.3 Å². The number of carbonyl (C=O) groups excluding carboxylic acids is 1. The molecule has 0 unspecified atom stereocenters. The third kappa shape index (κ3) is 3.62. The standard InChI is InChI=1S/C22H17ClN4O3/c1-11-5-12(2)7-13(6-11)19-20(28)15-8-14(16(23)9-17(15)26-22(19)30)21(29)27-18-3-4-24-10-25-18/h3-10H,1-2H3,(H2,26,28,30)(H,24,25,27,29). The maximum absolute atomic E-state index is 12.7. The summed E-state index contributed by atoms with van der Waals surface area (Å²) in [6, 6.07) is 10.1. The number of amides is 1. The predicted octanol–water partition coefficient (Wildman–Crippen LogP) is 4.21. The second kappa shape index (κ2) is 7.61. The molecule has 4 rings (SSSR count). The van der Waals surface area contributed by atoms with Crippen LogP contribution in [0.2, 0.25) is 5.02 Å². The minimum absolute atomic E-state index is 0.128. The lowest BCUT2D eigenvalue weighted by molar-refractivity contribution is 0.102.